The van der Waals surface area contributed by atoms with E-state index in [-0.39, 0.29) is 0 Å². The van der Waals surface area contributed by atoms with Gasteiger partial charge in [-0.3, -0.25) is 0 Å². The minimum absolute atomic E-state index is 0.748. The van der Waals surface area contributed by atoms with Crippen molar-refractivity contribution in [3.63, 3.8) is 0 Å². The maximum Gasteiger partial charge on any atom is 0.119 e. The molecular weight excluding hydrogens is 232 g/mol. The molecule has 19 heavy (non-hydrogen) atoms. The van der Waals surface area contributed by atoms with Gasteiger partial charge in [0.15, 0.2) is 0 Å². The molecule has 0 radical (unpaired) electrons. The Morgan fingerprint density at radius 3 is 1.47 bits per heavy atom. The lowest BCUT2D eigenvalue weighted by Crippen LogP contribution is -1.80. The van der Waals surface area contributed by atoms with Crippen molar-refractivity contribution < 1.29 is 4.79 Å². The van der Waals surface area contributed by atoms with Crippen LogP contribution in [0.4, 0.5) is 0 Å². The third-order valence-corrected chi connectivity index (χ3v) is 3.58. The molecule has 0 fully saturated rings. The molecule has 0 amide bonds. The molecule has 0 spiro atoms. The summed E-state index contributed by atoms with van der Waals surface area (Å²) in [6.07, 6.45) is 23.6. The highest BCUT2D eigenvalue weighted by molar-refractivity contribution is 5.48. The van der Waals surface area contributed by atoms with Gasteiger partial charge in [-0.05, 0) is 32.1 Å². The van der Waals surface area contributed by atoms with Gasteiger partial charge in [0.05, 0.1) is 0 Å². The van der Waals surface area contributed by atoms with Crippen molar-refractivity contribution in [2.75, 3.05) is 0 Å². The average molecular weight is 266 g/mol. The van der Waals surface area contributed by atoms with Crippen molar-refractivity contribution >= 4 is 6.29 Å². The average Bonchev–Trinajstić information content (AvgIpc) is 2.43. The van der Waals surface area contributed by atoms with Crippen LogP contribution in [0.1, 0.15) is 96.8 Å². The quantitative estimate of drug-likeness (QED) is 0.195. The molecule has 1 heteroatoms. The van der Waals surface area contributed by atoms with Crippen LogP contribution < -0.4 is 0 Å². The number of carbonyl (C=O) groups is 1. The fourth-order valence-corrected chi connectivity index (χ4v) is 2.30. The standard InChI is InChI=1S/C18H34O/c1-2-3-4-5-6-7-8-9-10-11-12-13-14-15-16-17-18-19/h9-10,18H,2-8,11-17H2,1H3/b10-9+. The van der Waals surface area contributed by atoms with Gasteiger partial charge >= 0.3 is 0 Å². The molecule has 0 bridgehead atoms. The van der Waals surface area contributed by atoms with Crippen LogP contribution in [0.2, 0.25) is 0 Å². The molecule has 0 N–H and O–H groups in total. The highest BCUT2D eigenvalue weighted by atomic mass is 16.1. The first-order valence-electron chi connectivity index (χ1n) is 8.50. The molecule has 0 aromatic carbocycles. The Morgan fingerprint density at radius 1 is 0.579 bits per heavy atom. The molecule has 0 aliphatic rings. The molecule has 0 aromatic heterocycles. The first kappa shape index (κ1) is 18.4. The molecule has 0 heterocycles. The molecule has 0 aliphatic heterocycles. The van der Waals surface area contributed by atoms with Crippen LogP contribution in [-0.4, -0.2) is 6.29 Å². The molecule has 0 aliphatic carbocycles. The zero-order valence-corrected chi connectivity index (χ0v) is 13.0. The van der Waals surface area contributed by atoms with Crippen molar-refractivity contribution in [1.29, 1.82) is 0 Å². The number of carbonyl (C=O) groups excluding carboxylic acids is 1. The van der Waals surface area contributed by atoms with E-state index in [0.29, 0.717) is 0 Å². The molecule has 0 unspecified atom stereocenters. The van der Waals surface area contributed by atoms with Crippen LogP contribution in [0.3, 0.4) is 0 Å². The van der Waals surface area contributed by atoms with Crippen LogP contribution in [0.15, 0.2) is 12.2 Å². The number of hydrogen-bond acceptors (Lipinski definition) is 1. The van der Waals surface area contributed by atoms with Crippen LogP contribution >= 0.6 is 0 Å². The van der Waals surface area contributed by atoms with E-state index in [0.717, 1.165) is 19.1 Å². The van der Waals surface area contributed by atoms with Gasteiger partial charge in [-0.2, -0.15) is 0 Å². The first-order chi connectivity index (χ1) is 9.41. The summed E-state index contributed by atoms with van der Waals surface area (Å²) in [5.74, 6) is 0. The predicted octanol–water partition coefficient (Wildman–Crippen LogP) is 6.22. The van der Waals surface area contributed by atoms with E-state index in [1.54, 1.807) is 0 Å². The summed E-state index contributed by atoms with van der Waals surface area (Å²) in [6.45, 7) is 2.27. The zero-order valence-electron chi connectivity index (χ0n) is 13.0. The van der Waals surface area contributed by atoms with Crippen molar-refractivity contribution in [2.45, 2.75) is 96.8 Å². The normalized spacial score (nSPS) is 11.2. The van der Waals surface area contributed by atoms with Crippen molar-refractivity contribution in [1.82, 2.24) is 0 Å². The van der Waals surface area contributed by atoms with Gasteiger partial charge in [0, 0.05) is 6.42 Å². The van der Waals surface area contributed by atoms with Gasteiger partial charge in [0.2, 0.25) is 0 Å². The Balaban J connectivity index is 3.03. The van der Waals surface area contributed by atoms with Crippen molar-refractivity contribution in [2.24, 2.45) is 0 Å². The third kappa shape index (κ3) is 17.4. The van der Waals surface area contributed by atoms with Crippen LogP contribution in [-0.2, 0) is 4.79 Å². The summed E-state index contributed by atoms with van der Waals surface area (Å²) in [5.41, 5.74) is 0. The van der Waals surface area contributed by atoms with E-state index < -0.39 is 0 Å². The summed E-state index contributed by atoms with van der Waals surface area (Å²) >= 11 is 0. The zero-order chi connectivity index (χ0) is 14.0. The van der Waals surface area contributed by atoms with E-state index in [1.165, 1.54) is 77.0 Å². The van der Waals surface area contributed by atoms with E-state index in [1.807, 2.05) is 0 Å². The lowest BCUT2D eigenvalue weighted by Gasteiger charge is -1.98. The smallest absolute Gasteiger partial charge is 0.119 e. The summed E-state index contributed by atoms with van der Waals surface area (Å²) in [6, 6.07) is 0. The van der Waals surface area contributed by atoms with Crippen LogP contribution in [0.25, 0.3) is 0 Å². The van der Waals surface area contributed by atoms with E-state index in [9.17, 15) is 4.79 Å². The molecular formula is C18H34O. The van der Waals surface area contributed by atoms with Gasteiger partial charge in [-0.15, -0.1) is 0 Å². The minimum Gasteiger partial charge on any atom is -0.303 e. The Hall–Kier alpha value is -0.590. The first-order valence-corrected chi connectivity index (χ1v) is 8.50. The van der Waals surface area contributed by atoms with Crippen LogP contribution in [0, 0.1) is 0 Å². The maximum absolute atomic E-state index is 10.1. The molecule has 1 nitrogen and oxygen atoms in total. The maximum atomic E-state index is 10.1. The second-order valence-electron chi connectivity index (χ2n) is 5.54. The van der Waals surface area contributed by atoms with Gasteiger partial charge in [0.1, 0.15) is 6.29 Å². The molecule has 0 saturated carbocycles. The van der Waals surface area contributed by atoms with Gasteiger partial charge in [-0.1, -0.05) is 70.4 Å². The van der Waals surface area contributed by atoms with Crippen molar-refractivity contribution in [3.05, 3.63) is 12.2 Å². The van der Waals surface area contributed by atoms with Crippen molar-refractivity contribution in [3.8, 4) is 0 Å². The number of aldehydes is 1. The molecule has 0 saturated heterocycles. The summed E-state index contributed by atoms with van der Waals surface area (Å²) in [7, 11) is 0. The minimum atomic E-state index is 0.748. The number of rotatable bonds is 15. The fourth-order valence-electron chi connectivity index (χ4n) is 2.30. The van der Waals surface area contributed by atoms with E-state index in [2.05, 4.69) is 19.1 Å². The Labute approximate surface area is 120 Å². The second kappa shape index (κ2) is 17.4. The largest absolute Gasteiger partial charge is 0.303 e. The van der Waals surface area contributed by atoms with E-state index in [4.69, 9.17) is 0 Å². The highest BCUT2D eigenvalue weighted by Gasteiger charge is 1.90. The SMILES string of the molecule is CCCCCCCC/C=C/CCCCCCCC=O. The molecule has 0 rings (SSSR count). The highest BCUT2D eigenvalue weighted by Crippen LogP contribution is 2.09. The summed E-state index contributed by atoms with van der Waals surface area (Å²) in [4.78, 5) is 10.1. The fraction of sp³-hybridized carbons (Fsp3) is 0.833. The predicted molar refractivity (Wildman–Crippen MR) is 85.5 cm³/mol. The van der Waals surface area contributed by atoms with Gasteiger partial charge in [0.25, 0.3) is 0 Å². The summed E-state index contributed by atoms with van der Waals surface area (Å²) in [5, 5.41) is 0. The topological polar surface area (TPSA) is 17.1 Å². The summed E-state index contributed by atoms with van der Waals surface area (Å²) < 4.78 is 0. The molecule has 112 valence electrons. The Bertz CT molecular complexity index is 196. The monoisotopic (exact) mass is 266 g/mol. The Morgan fingerprint density at radius 2 is 1.00 bits per heavy atom. The number of hydrogen-bond donors (Lipinski definition) is 0. The van der Waals surface area contributed by atoms with Gasteiger partial charge < -0.3 is 4.79 Å². The van der Waals surface area contributed by atoms with E-state index >= 15 is 0 Å². The van der Waals surface area contributed by atoms with Crippen LogP contribution in [0.5, 0.6) is 0 Å². The lowest BCUT2D eigenvalue weighted by atomic mass is 10.1. The number of unbranched alkanes of at least 4 members (excludes halogenated alkanes) is 12. The van der Waals surface area contributed by atoms with Gasteiger partial charge in [-0.25, -0.2) is 0 Å². The molecule has 0 atom stereocenters. The Kier molecular flexibility index (Phi) is 16.9. The third-order valence-electron chi connectivity index (χ3n) is 3.58. The number of allylic oxidation sites excluding steroid dienone is 2. The lowest BCUT2D eigenvalue weighted by molar-refractivity contribution is -0.107. The second-order valence-corrected chi connectivity index (χ2v) is 5.54. The molecule has 0 aromatic rings.